The van der Waals surface area contributed by atoms with Gasteiger partial charge in [-0.05, 0) is 30.7 Å². The number of nitrogens with zero attached hydrogens (tertiary/aromatic N) is 2. The molecular formula is C21H21FN4O. The standard InChI is InChI=1S/C21H21FN4O/c22-16-6-8-17(9-7-16)23-14-20(27)26-12-10-18-19(11-13-26)24-25-21(18)15-4-2-1-3-5-15/h1-9,23H,10-14H2,(H,24,25). The first-order chi connectivity index (χ1) is 13.2. The molecule has 2 heterocycles. The highest BCUT2D eigenvalue weighted by Gasteiger charge is 2.22. The normalized spacial score (nSPS) is 13.7. The van der Waals surface area contributed by atoms with Crippen LogP contribution in [-0.2, 0) is 17.6 Å². The van der Waals surface area contributed by atoms with Crippen molar-refractivity contribution in [3.8, 4) is 11.3 Å². The Bertz CT molecular complexity index is 921. The van der Waals surface area contributed by atoms with E-state index in [1.54, 1.807) is 12.1 Å². The minimum atomic E-state index is -0.289. The van der Waals surface area contributed by atoms with Gasteiger partial charge in [0.2, 0.25) is 5.91 Å². The summed E-state index contributed by atoms with van der Waals surface area (Å²) in [5.74, 6) is -0.248. The zero-order valence-electron chi connectivity index (χ0n) is 14.9. The van der Waals surface area contributed by atoms with E-state index in [1.807, 2.05) is 23.1 Å². The third kappa shape index (κ3) is 3.84. The van der Waals surface area contributed by atoms with Crippen molar-refractivity contribution < 1.29 is 9.18 Å². The summed E-state index contributed by atoms with van der Waals surface area (Å²) in [5.41, 5.74) is 5.11. The van der Waals surface area contributed by atoms with Gasteiger partial charge in [-0.15, -0.1) is 0 Å². The molecule has 0 saturated heterocycles. The van der Waals surface area contributed by atoms with Crippen LogP contribution < -0.4 is 5.32 Å². The van der Waals surface area contributed by atoms with Crippen LogP contribution in [0.25, 0.3) is 11.3 Å². The summed E-state index contributed by atoms with van der Waals surface area (Å²) >= 11 is 0. The summed E-state index contributed by atoms with van der Waals surface area (Å²) in [4.78, 5) is 14.5. The number of aromatic nitrogens is 2. The zero-order chi connectivity index (χ0) is 18.6. The van der Waals surface area contributed by atoms with E-state index in [-0.39, 0.29) is 18.3 Å². The van der Waals surface area contributed by atoms with Crippen LogP contribution in [0.5, 0.6) is 0 Å². The molecule has 0 fully saturated rings. The number of carbonyl (C=O) groups excluding carboxylic acids is 1. The van der Waals surface area contributed by atoms with Gasteiger partial charge in [0.15, 0.2) is 0 Å². The van der Waals surface area contributed by atoms with Crippen LogP contribution >= 0.6 is 0 Å². The highest BCUT2D eigenvalue weighted by Crippen LogP contribution is 2.26. The number of anilines is 1. The molecule has 5 nitrogen and oxygen atoms in total. The number of hydrogen-bond donors (Lipinski definition) is 2. The minimum Gasteiger partial charge on any atom is -0.376 e. The monoisotopic (exact) mass is 364 g/mol. The molecule has 0 spiro atoms. The van der Waals surface area contributed by atoms with Crippen molar-refractivity contribution in [1.82, 2.24) is 15.1 Å². The Morgan fingerprint density at radius 3 is 2.59 bits per heavy atom. The van der Waals surface area contributed by atoms with E-state index in [4.69, 9.17) is 0 Å². The zero-order valence-corrected chi connectivity index (χ0v) is 14.9. The van der Waals surface area contributed by atoms with Crippen LogP contribution in [0, 0.1) is 5.82 Å². The number of H-pyrrole nitrogens is 1. The number of fused-ring (bicyclic) bond motifs is 1. The predicted molar refractivity (Wildman–Crippen MR) is 103 cm³/mol. The van der Waals surface area contributed by atoms with E-state index in [1.165, 1.54) is 17.7 Å². The summed E-state index contributed by atoms with van der Waals surface area (Å²) in [6.07, 6.45) is 1.54. The Hall–Kier alpha value is -3.15. The molecule has 1 aromatic heterocycles. The molecule has 1 aliphatic rings. The van der Waals surface area contributed by atoms with Gasteiger partial charge in [-0.25, -0.2) is 4.39 Å². The fraction of sp³-hybridized carbons (Fsp3) is 0.238. The molecule has 4 rings (SSSR count). The van der Waals surface area contributed by atoms with Crippen molar-refractivity contribution >= 4 is 11.6 Å². The Balaban J connectivity index is 1.40. The maximum absolute atomic E-state index is 13.0. The molecule has 2 N–H and O–H groups in total. The molecule has 138 valence electrons. The molecule has 0 atom stereocenters. The average molecular weight is 364 g/mol. The summed E-state index contributed by atoms with van der Waals surface area (Å²) < 4.78 is 13.0. The molecule has 2 aromatic carbocycles. The van der Waals surface area contributed by atoms with Crippen molar-refractivity contribution in [3.63, 3.8) is 0 Å². The second-order valence-corrected chi connectivity index (χ2v) is 6.64. The quantitative estimate of drug-likeness (QED) is 0.747. The molecule has 1 aliphatic heterocycles. The molecule has 6 heteroatoms. The van der Waals surface area contributed by atoms with Crippen molar-refractivity contribution in [2.45, 2.75) is 12.8 Å². The molecule has 0 radical (unpaired) electrons. The van der Waals surface area contributed by atoms with Gasteiger partial charge in [-0.1, -0.05) is 30.3 Å². The van der Waals surface area contributed by atoms with Crippen molar-refractivity contribution in [2.24, 2.45) is 0 Å². The maximum Gasteiger partial charge on any atom is 0.241 e. The van der Waals surface area contributed by atoms with Crippen LogP contribution in [0.3, 0.4) is 0 Å². The number of benzene rings is 2. The molecule has 3 aromatic rings. The number of amides is 1. The lowest BCUT2D eigenvalue weighted by Gasteiger charge is -2.21. The largest absolute Gasteiger partial charge is 0.376 e. The number of halogens is 1. The number of hydrogen-bond acceptors (Lipinski definition) is 3. The van der Waals surface area contributed by atoms with Crippen LogP contribution in [0.15, 0.2) is 54.6 Å². The van der Waals surface area contributed by atoms with E-state index in [2.05, 4.69) is 27.6 Å². The third-order valence-corrected chi connectivity index (χ3v) is 4.90. The van der Waals surface area contributed by atoms with Crippen molar-refractivity contribution in [2.75, 3.05) is 25.0 Å². The van der Waals surface area contributed by atoms with Gasteiger partial charge in [0.05, 0.1) is 12.2 Å². The second kappa shape index (κ2) is 7.61. The molecule has 1 amide bonds. The summed E-state index contributed by atoms with van der Waals surface area (Å²) in [5, 5.41) is 10.7. The molecule has 0 unspecified atom stereocenters. The number of carbonyl (C=O) groups is 1. The maximum atomic E-state index is 13.0. The van der Waals surface area contributed by atoms with E-state index in [0.717, 1.165) is 35.5 Å². The Morgan fingerprint density at radius 2 is 1.81 bits per heavy atom. The lowest BCUT2D eigenvalue weighted by atomic mass is 10.0. The molecule has 0 bridgehead atoms. The van der Waals surface area contributed by atoms with Gasteiger partial charge < -0.3 is 10.2 Å². The SMILES string of the molecule is O=C(CNc1ccc(F)cc1)N1CCc2[nH]nc(-c3ccccc3)c2CC1. The Kier molecular flexibility index (Phi) is 4.87. The second-order valence-electron chi connectivity index (χ2n) is 6.64. The lowest BCUT2D eigenvalue weighted by molar-refractivity contribution is -0.129. The van der Waals surface area contributed by atoms with E-state index < -0.39 is 0 Å². The molecule has 0 saturated carbocycles. The Morgan fingerprint density at radius 1 is 1.07 bits per heavy atom. The average Bonchev–Trinajstić information content (AvgIpc) is 2.99. The van der Waals surface area contributed by atoms with Crippen molar-refractivity contribution in [3.05, 3.63) is 71.7 Å². The van der Waals surface area contributed by atoms with E-state index in [9.17, 15) is 9.18 Å². The lowest BCUT2D eigenvalue weighted by Crippen LogP contribution is -2.37. The van der Waals surface area contributed by atoms with Gasteiger partial charge in [-0.2, -0.15) is 5.10 Å². The van der Waals surface area contributed by atoms with Gasteiger partial charge in [0.1, 0.15) is 5.82 Å². The third-order valence-electron chi connectivity index (χ3n) is 4.90. The van der Waals surface area contributed by atoms with Crippen LogP contribution in [0.1, 0.15) is 11.3 Å². The first-order valence-electron chi connectivity index (χ1n) is 9.09. The van der Waals surface area contributed by atoms with E-state index in [0.29, 0.717) is 13.1 Å². The summed E-state index contributed by atoms with van der Waals surface area (Å²) in [7, 11) is 0. The number of rotatable bonds is 4. The fourth-order valence-electron chi connectivity index (χ4n) is 3.42. The summed E-state index contributed by atoms with van der Waals surface area (Å²) in [6.45, 7) is 1.52. The first-order valence-corrected chi connectivity index (χ1v) is 9.09. The predicted octanol–water partition coefficient (Wildman–Crippen LogP) is 3.26. The fourth-order valence-corrected chi connectivity index (χ4v) is 3.42. The smallest absolute Gasteiger partial charge is 0.241 e. The van der Waals surface area contributed by atoms with E-state index >= 15 is 0 Å². The van der Waals surface area contributed by atoms with Gasteiger partial charge >= 0.3 is 0 Å². The van der Waals surface area contributed by atoms with Gasteiger partial charge in [0.25, 0.3) is 0 Å². The first kappa shape index (κ1) is 17.3. The van der Waals surface area contributed by atoms with Gasteiger partial charge in [-0.3, -0.25) is 9.89 Å². The highest BCUT2D eigenvalue weighted by atomic mass is 19.1. The highest BCUT2D eigenvalue weighted by molar-refractivity contribution is 5.81. The van der Waals surface area contributed by atoms with Crippen LogP contribution in [-0.4, -0.2) is 40.6 Å². The molecule has 27 heavy (non-hydrogen) atoms. The number of aromatic amines is 1. The summed E-state index contributed by atoms with van der Waals surface area (Å²) in [6, 6.07) is 16.1. The van der Waals surface area contributed by atoms with Crippen molar-refractivity contribution in [1.29, 1.82) is 0 Å². The topological polar surface area (TPSA) is 61.0 Å². The molecule has 0 aliphatic carbocycles. The molecular weight excluding hydrogens is 343 g/mol. The van der Waals surface area contributed by atoms with Crippen LogP contribution in [0.2, 0.25) is 0 Å². The number of nitrogens with one attached hydrogen (secondary N) is 2. The van der Waals surface area contributed by atoms with Crippen LogP contribution in [0.4, 0.5) is 10.1 Å². The van der Waals surface area contributed by atoms with Gasteiger partial charge in [0, 0.05) is 42.0 Å². The minimum absolute atomic E-state index is 0.0405. The Labute approximate surface area is 157 Å².